The Labute approximate surface area is 125 Å². The molecule has 1 N–H and O–H groups in total. The summed E-state index contributed by atoms with van der Waals surface area (Å²) in [7, 11) is 0. The van der Waals surface area contributed by atoms with Gasteiger partial charge in [-0.2, -0.15) is 5.10 Å². The van der Waals surface area contributed by atoms with Crippen LogP contribution in [0.1, 0.15) is 32.6 Å². The first kappa shape index (κ1) is 11.9. The second kappa shape index (κ2) is 4.29. The molecule has 3 atom stereocenters. The van der Waals surface area contributed by atoms with Gasteiger partial charge >= 0.3 is 0 Å². The lowest BCUT2D eigenvalue weighted by atomic mass is 9.92. The van der Waals surface area contributed by atoms with E-state index >= 15 is 0 Å². The summed E-state index contributed by atoms with van der Waals surface area (Å²) in [6.45, 7) is 2.37. The first-order valence-corrected chi connectivity index (χ1v) is 7.95. The fourth-order valence-corrected chi connectivity index (χ4v) is 4.21. The highest BCUT2D eigenvalue weighted by Gasteiger charge is 2.40. The second-order valence-corrected chi connectivity index (χ2v) is 6.89. The zero-order valence-corrected chi connectivity index (χ0v) is 13.0. The Hall–Kier alpha value is -0.920. The van der Waals surface area contributed by atoms with E-state index in [4.69, 9.17) is 4.98 Å². The predicted molar refractivity (Wildman–Crippen MR) is 82.1 cm³/mol. The van der Waals surface area contributed by atoms with Crippen LogP contribution in [0.3, 0.4) is 0 Å². The summed E-state index contributed by atoms with van der Waals surface area (Å²) in [5.74, 6) is 1.85. The van der Waals surface area contributed by atoms with Crippen molar-refractivity contribution in [2.24, 2.45) is 5.92 Å². The highest BCUT2D eigenvalue weighted by Crippen LogP contribution is 2.40. The zero-order chi connectivity index (χ0) is 13.0. The smallest absolute Gasteiger partial charge is 0.202 e. The van der Waals surface area contributed by atoms with E-state index in [9.17, 15) is 0 Å². The topological polar surface area (TPSA) is 57.7 Å². The van der Waals surface area contributed by atoms with Crippen LogP contribution in [0.5, 0.6) is 0 Å². The van der Waals surface area contributed by atoms with Crippen LogP contribution >= 0.6 is 22.6 Å². The minimum absolute atomic E-state index is 0.651. The number of H-pyrrole nitrogens is 1. The maximum Gasteiger partial charge on any atom is 0.202 e. The van der Waals surface area contributed by atoms with E-state index in [-0.39, 0.29) is 0 Å². The van der Waals surface area contributed by atoms with Crippen LogP contribution in [0, 0.1) is 9.62 Å². The summed E-state index contributed by atoms with van der Waals surface area (Å²) >= 11 is 2.21. The quantitative estimate of drug-likeness (QED) is 0.786. The molecule has 0 amide bonds. The minimum Gasteiger partial charge on any atom is -0.349 e. The van der Waals surface area contributed by atoms with Crippen LogP contribution in [0.25, 0.3) is 11.2 Å². The van der Waals surface area contributed by atoms with Gasteiger partial charge in [-0.25, -0.2) is 9.97 Å². The van der Waals surface area contributed by atoms with Gasteiger partial charge in [0.05, 0.1) is 6.20 Å². The first-order valence-electron chi connectivity index (χ1n) is 6.87. The largest absolute Gasteiger partial charge is 0.349 e. The van der Waals surface area contributed by atoms with Crippen molar-refractivity contribution in [3.8, 4) is 0 Å². The van der Waals surface area contributed by atoms with Crippen molar-refractivity contribution in [2.45, 2.75) is 44.7 Å². The van der Waals surface area contributed by atoms with Crippen molar-refractivity contribution in [3.05, 3.63) is 9.90 Å². The maximum atomic E-state index is 4.70. The number of rotatable bonds is 1. The molecule has 1 unspecified atom stereocenters. The third-order valence-electron chi connectivity index (χ3n) is 4.44. The highest BCUT2D eigenvalue weighted by molar-refractivity contribution is 14.1. The van der Waals surface area contributed by atoms with Crippen molar-refractivity contribution < 1.29 is 0 Å². The lowest BCUT2D eigenvalue weighted by Crippen LogP contribution is -2.42. The van der Waals surface area contributed by atoms with Crippen LogP contribution in [0.2, 0.25) is 0 Å². The second-order valence-electron chi connectivity index (χ2n) is 5.81. The molecule has 5 nitrogen and oxygen atoms in total. The first-order chi connectivity index (χ1) is 9.22. The monoisotopic (exact) mass is 369 g/mol. The van der Waals surface area contributed by atoms with Gasteiger partial charge in [-0.1, -0.05) is 6.92 Å². The van der Waals surface area contributed by atoms with E-state index < -0.39 is 0 Å². The Bertz CT molecular complexity index is 611. The summed E-state index contributed by atoms with van der Waals surface area (Å²) in [5.41, 5.74) is 1.61. The molecular weight excluding hydrogens is 353 g/mol. The predicted octanol–water partition coefficient (Wildman–Crippen LogP) is 2.72. The molecule has 2 fully saturated rings. The molecule has 0 aliphatic carbocycles. The Morgan fingerprint density at radius 2 is 2.05 bits per heavy atom. The van der Waals surface area contributed by atoms with Crippen molar-refractivity contribution in [3.63, 3.8) is 0 Å². The number of aromatic nitrogens is 4. The molecule has 2 aliphatic heterocycles. The van der Waals surface area contributed by atoms with Gasteiger partial charge < -0.3 is 4.90 Å². The lowest BCUT2D eigenvalue weighted by Gasteiger charge is -2.38. The summed E-state index contributed by atoms with van der Waals surface area (Å²) in [6.07, 6.45) is 7.09. The standard InChI is InChI=1S/C13H16IN5/c1-7-4-8-2-3-9(5-7)19(8)10-6-15-11-12(14)17-18-13(11)16-10/h6-9H,2-5H2,1H3,(H,16,17,18)/t7?,8-,9+. The number of halogens is 1. The molecule has 0 radical (unpaired) electrons. The third-order valence-corrected chi connectivity index (χ3v) is 5.19. The average molecular weight is 369 g/mol. The van der Waals surface area contributed by atoms with Gasteiger partial charge in [-0.05, 0) is 54.2 Å². The number of hydrogen-bond acceptors (Lipinski definition) is 4. The number of anilines is 1. The van der Waals surface area contributed by atoms with Gasteiger partial charge in [0.1, 0.15) is 15.0 Å². The molecule has 0 aromatic carbocycles. The van der Waals surface area contributed by atoms with Gasteiger partial charge in [0.15, 0.2) is 0 Å². The number of piperidine rings is 1. The summed E-state index contributed by atoms with van der Waals surface area (Å²) in [4.78, 5) is 11.7. The Kier molecular flexibility index (Phi) is 2.68. The summed E-state index contributed by atoms with van der Waals surface area (Å²) in [5, 5.41) is 7.17. The van der Waals surface area contributed by atoms with E-state index in [1.807, 2.05) is 6.20 Å². The fraction of sp³-hybridized carbons (Fsp3) is 0.615. The van der Waals surface area contributed by atoms with E-state index in [0.717, 1.165) is 26.6 Å². The van der Waals surface area contributed by atoms with E-state index in [2.05, 4.69) is 49.6 Å². The minimum atomic E-state index is 0.651. The molecule has 2 aromatic heterocycles. The molecule has 2 bridgehead atoms. The van der Waals surface area contributed by atoms with Crippen molar-refractivity contribution in [2.75, 3.05) is 4.90 Å². The Balaban J connectivity index is 1.74. The van der Waals surface area contributed by atoms with Crippen molar-refractivity contribution in [1.29, 1.82) is 0 Å². The van der Waals surface area contributed by atoms with Gasteiger partial charge in [0.25, 0.3) is 0 Å². The van der Waals surface area contributed by atoms with Crippen molar-refractivity contribution >= 4 is 39.6 Å². The number of aromatic amines is 1. The number of nitrogens with zero attached hydrogens (tertiary/aromatic N) is 4. The molecule has 2 aromatic rings. The van der Waals surface area contributed by atoms with Gasteiger partial charge in [0.2, 0.25) is 5.65 Å². The van der Waals surface area contributed by atoms with Crippen molar-refractivity contribution in [1.82, 2.24) is 20.2 Å². The van der Waals surface area contributed by atoms with Crippen LogP contribution in [0.15, 0.2) is 6.20 Å². The number of hydrogen-bond donors (Lipinski definition) is 1. The zero-order valence-electron chi connectivity index (χ0n) is 10.8. The normalized spacial score (nSPS) is 30.2. The van der Waals surface area contributed by atoms with Gasteiger partial charge in [0, 0.05) is 12.1 Å². The van der Waals surface area contributed by atoms with Crippen LogP contribution in [0.4, 0.5) is 5.82 Å². The fourth-order valence-electron chi connectivity index (χ4n) is 3.71. The highest BCUT2D eigenvalue weighted by atomic mass is 127. The molecule has 0 spiro atoms. The number of fused-ring (bicyclic) bond motifs is 3. The lowest BCUT2D eigenvalue weighted by molar-refractivity contribution is 0.361. The molecular formula is C13H16IN5. The molecule has 0 saturated carbocycles. The van der Waals surface area contributed by atoms with Crippen LogP contribution in [-0.4, -0.2) is 32.2 Å². The molecule has 100 valence electrons. The maximum absolute atomic E-state index is 4.70. The Morgan fingerprint density at radius 1 is 1.32 bits per heavy atom. The van der Waals surface area contributed by atoms with E-state index in [1.54, 1.807) is 0 Å². The molecule has 4 heterocycles. The van der Waals surface area contributed by atoms with Gasteiger partial charge in [-0.15, -0.1) is 0 Å². The molecule has 2 saturated heterocycles. The summed E-state index contributed by atoms with van der Waals surface area (Å²) in [6, 6.07) is 1.30. The van der Waals surface area contributed by atoms with E-state index in [1.165, 1.54) is 25.7 Å². The molecule has 19 heavy (non-hydrogen) atoms. The van der Waals surface area contributed by atoms with E-state index in [0.29, 0.717) is 12.1 Å². The summed E-state index contributed by atoms with van der Waals surface area (Å²) < 4.78 is 0.960. The SMILES string of the molecule is CC1C[C@H]2CC[C@@H](C1)N2c1cnc2c(I)[nH]nc2n1. The van der Waals surface area contributed by atoms with Crippen LogP contribution in [-0.2, 0) is 0 Å². The molecule has 4 rings (SSSR count). The average Bonchev–Trinajstić information content (AvgIpc) is 2.89. The third kappa shape index (κ3) is 1.83. The van der Waals surface area contributed by atoms with Gasteiger partial charge in [-0.3, -0.25) is 5.10 Å². The molecule has 2 aliphatic rings. The molecule has 6 heteroatoms. The number of nitrogens with one attached hydrogen (secondary N) is 1. The Morgan fingerprint density at radius 3 is 2.79 bits per heavy atom. The van der Waals surface area contributed by atoms with Crippen LogP contribution < -0.4 is 4.90 Å².